The molecule has 0 fully saturated rings. The van der Waals surface area contributed by atoms with E-state index in [2.05, 4.69) is 4.98 Å². The van der Waals surface area contributed by atoms with E-state index in [0.29, 0.717) is 0 Å². The van der Waals surface area contributed by atoms with Gasteiger partial charge in [0.2, 0.25) is 0 Å². The Balaban J connectivity index is 2.66. The first-order valence-corrected chi connectivity index (χ1v) is 5.56. The van der Waals surface area contributed by atoms with E-state index < -0.39 is 0 Å². The molecule has 0 saturated carbocycles. The zero-order chi connectivity index (χ0) is 12.3. The SMILES string of the molecule is CC=C(C=C(C)F)c1ncbc2ccccc12. The summed E-state index contributed by atoms with van der Waals surface area (Å²) in [6, 6.07) is 7.98. The van der Waals surface area contributed by atoms with Crippen molar-refractivity contribution in [1.29, 1.82) is 0 Å². The second-order valence-electron chi connectivity index (χ2n) is 3.86. The topological polar surface area (TPSA) is 12.9 Å². The summed E-state index contributed by atoms with van der Waals surface area (Å²) in [7, 11) is 0. The fourth-order valence-electron chi connectivity index (χ4n) is 1.85. The summed E-state index contributed by atoms with van der Waals surface area (Å²) in [5, 5.41) is 2.15. The van der Waals surface area contributed by atoms with Crippen molar-refractivity contribution in [3.63, 3.8) is 0 Å². The summed E-state index contributed by atoms with van der Waals surface area (Å²) in [5.41, 5.74) is 1.63. The molecule has 0 radical (unpaired) electrons. The Morgan fingerprint density at radius 1 is 1.35 bits per heavy atom. The van der Waals surface area contributed by atoms with Crippen molar-refractivity contribution in [2.75, 3.05) is 0 Å². The van der Waals surface area contributed by atoms with Gasteiger partial charge in [-0.1, -0.05) is 0 Å². The fourth-order valence-corrected chi connectivity index (χ4v) is 1.85. The molecule has 0 amide bonds. The van der Waals surface area contributed by atoms with Crippen LogP contribution in [0.1, 0.15) is 19.5 Å². The average molecular weight is 225 g/mol. The van der Waals surface area contributed by atoms with Crippen LogP contribution in [0.25, 0.3) is 16.2 Å². The number of hydrogen-bond acceptors (Lipinski definition) is 1. The van der Waals surface area contributed by atoms with Gasteiger partial charge in [0.1, 0.15) is 0 Å². The van der Waals surface area contributed by atoms with Crippen LogP contribution in [-0.4, -0.2) is 11.9 Å². The van der Waals surface area contributed by atoms with Crippen molar-refractivity contribution in [2.45, 2.75) is 13.8 Å². The number of allylic oxidation sites excluding steroid dienone is 4. The van der Waals surface area contributed by atoms with E-state index in [1.165, 1.54) is 13.0 Å². The van der Waals surface area contributed by atoms with Crippen LogP contribution in [0.5, 0.6) is 0 Å². The molecule has 0 atom stereocenters. The maximum atomic E-state index is 13.0. The molecule has 0 aliphatic carbocycles. The van der Waals surface area contributed by atoms with Crippen LogP contribution in [0.3, 0.4) is 0 Å². The molecule has 0 spiro atoms. The first kappa shape index (κ1) is 11.7. The van der Waals surface area contributed by atoms with Gasteiger partial charge in [-0.15, -0.1) is 0 Å². The number of benzene rings is 1. The zero-order valence-corrected chi connectivity index (χ0v) is 9.94. The summed E-state index contributed by atoms with van der Waals surface area (Å²) < 4.78 is 13.0. The van der Waals surface area contributed by atoms with E-state index in [1.807, 2.05) is 44.2 Å². The zero-order valence-electron chi connectivity index (χ0n) is 9.94. The molecule has 2 rings (SSSR count). The first-order chi connectivity index (χ1) is 8.22. The van der Waals surface area contributed by atoms with Gasteiger partial charge < -0.3 is 0 Å². The van der Waals surface area contributed by atoms with Gasteiger partial charge in [0, 0.05) is 0 Å². The van der Waals surface area contributed by atoms with Crippen molar-refractivity contribution < 1.29 is 4.39 Å². The van der Waals surface area contributed by atoms with Crippen molar-refractivity contribution >= 4 is 23.2 Å². The van der Waals surface area contributed by atoms with Crippen LogP contribution in [0.15, 0.2) is 48.3 Å². The molecule has 2 aromatic rings. The van der Waals surface area contributed by atoms with Crippen LogP contribution in [0.2, 0.25) is 0 Å². The van der Waals surface area contributed by atoms with Gasteiger partial charge in [-0.2, -0.15) is 0 Å². The minimum atomic E-state index is -0.215. The molecule has 0 aliphatic rings. The summed E-state index contributed by atoms with van der Waals surface area (Å²) in [4.78, 5) is 4.35. The van der Waals surface area contributed by atoms with Gasteiger partial charge in [0.05, 0.1) is 0 Å². The molecular formula is C14H13BFN. The van der Waals surface area contributed by atoms with Gasteiger partial charge in [0.25, 0.3) is 0 Å². The normalized spacial score (nSPS) is 12.9. The summed E-state index contributed by atoms with van der Waals surface area (Å²) in [5.74, 6) is -0.215. The molecule has 84 valence electrons. The van der Waals surface area contributed by atoms with Crippen LogP contribution in [-0.2, 0) is 0 Å². The third kappa shape index (κ3) is 2.49. The molecule has 0 N–H and O–H groups in total. The van der Waals surface area contributed by atoms with Crippen LogP contribution < -0.4 is 0 Å². The van der Waals surface area contributed by atoms with E-state index in [0.717, 1.165) is 21.9 Å². The number of aromatic nitrogens is 1. The Bertz CT molecular complexity index is 593. The quantitative estimate of drug-likeness (QED) is 0.707. The van der Waals surface area contributed by atoms with E-state index in [1.54, 1.807) is 6.09 Å². The summed E-state index contributed by atoms with van der Waals surface area (Å²) >= 11 is 0. The molecule has 0 unspecified atom stereocenters. The Labute approximate surface area is 101 Å². The van der Waals surface area contributed by atoms with Crippen molar-refractivity contribution in [2.24, 2.45) is 0 Å². The van der Waals surface area contributed by atoms with Crippen LogP contribution >= 0.6 is 0 Å². The summed E-state index contributed by atoms with van der Waals surface area (Å²) in [6.45, 7) is 5.28. The van der Waals surface area contributed by atoms with Crippen molar-refractivity contribution in [3.8, 4) is 0 Å². The third-order valence-electron chi connectivity index (χ3n) is 2.61. The van der Waals surface area contributed by atoms with Gasteiger partial charge >= 0.3 is 100 Å². The maximum absolute atomic E-state index is 13.0. The first-order valence-electron chi connectivity index (χ1n) is 5.56. The Morgan fingerprint density at radius 3 is 2.82 bits per heavy atom. The molecule has 1 aromatic carbocycles. The molecule has 0 bridgehead atoms. The van der Waals surface area contributed by atoms with Crippen molar-refractivity contribution in [1.82, 2.24) is 4.98 Å². The van der Waals surface area contributed by atoms with Crippen LogP contribution in [0, 0.1) is 0 Å². The Kier molecular flexibility index (Phi) is 3.47. The second kappa shape index (κ2) is 5.04. The predicted octanol–water partition coefficient (Wildman–Crippen LogP) is 3.85. The predicted molar refractivity (Wildman–Crippen MR) is 71.6 cm³/mol. The Hall–Kier alpha value is -1.77. The number of hydrogen-bond donors (Lipinski definition) is 0. The van der Waals surface area contributed by atoms with Gasteiger partial charge in [-0.3, -0.25) is 0 Å². The van der Waals surface area contributed by atoms with Gasteiger partial charge in [0.15, 0.2) is 0 Å². The molecule has 3 heteroatoms. The van der Waals surface area contributed by atoms with Crippen molar-refractivity contribution in [3.05, 3.63) is 54.0 Å². The second-order valence-corrected chi connectivity index (χ2v) is 3.86. The average Bonchev–Trinajstić information content (AvgIpc) is 2.35. The molecule has 1 nitrogen and oxygen atoms in total. The van der Waals surface area contributed by atoms with E-state index >= 15 is 0 Å². The monoisotopic (exact) mass is 225 g/mol. The molecule has 1 heterocycles. The molecule has 1 aromatic heterocycles. The number of rotatable bonds is 2. The van der Waals surface area contributed by atoms with Crippen LogP contribution in [0.4, 0.5) is 4.39 Å². The molecule has 17 heavy (non-hydrogen) atoms. The fraction of sp³-hybridized carbons (Fsp3) is 0.143. The number of fused-ring (bicyclic) bond motifs is 1. The van der Waals surface area contributed by atoms with Gasteiger partial charge in [-0.25, -0.2) is 0 Å². The van der Waals surface area contributed by atoms with E-state index in [9.17, 15) is 4.39 Å². The van der Waals surface area contributed by atoms with E-state index in [-0.39, 0.29) is 5.83 Å². The molecular weight excluding hydrogens is 212 g/mol. The minimum absolute atomic E-state index is 0.215. The standard InChI is InChI=1S/C14H13BFN/c1-3-11(8-10(2)16)14-12-6-4-5-7-13(12)15-9-17-14/h3-9H,1-2H3. The van der Waals surface area contributed by atoms with Gasteiger partial charge in [-0.05, 0) is 0 Å². The Morgan fingerprint density at radius 2 is 2.12 bits per heavy atom. The molecule has 0 saturated heterocycles. The third-order valence-corrected chi connectivity index (χ3v) is 2.61. The molecule has 0 aliphatic heterocycles. The number of halogens is 1. The summed E-state index contributed by atoms with van der Waals surface area (Å²) in [6.07, 6.45) is 5.13. The number of nitrogens with zero attached hydrogens (tertiary/aromatic N) is 1. The van der Waals surface area contributed by atoms with E-state index in [4.69, 9.17) is 0 Å².